The second-order valence-electron chi connectivity index (χ2n) is 8.78. The summed E-state index contributed by atoms with van der Waals surface area (Å²) in [6, 6.07) is 1.19. The molecule has 1 aliphatic carbocycles. The van der Waals surface area contributed by atoms with Crippen LogP contribution >= 0.6 is 0 Å². The van der Waals surface area contributed by atoms with E-state index in [0.29, 0.717) is 6.04 Å². The maximum atomic E-state index is 4.50. The van der Waals surface area contributed by atoms with Crippen molar-refractivity contribution in [3.63, 3.8) is 0 Å². The lowest BCUT2D eigenvalue weighted by Crippen LogP contribution is -2.51. The van der Waals surface area contributed by atoms with Gasteiger partial charge in [-0.05, 0) is 50.0 Å². The SMILES string of the molecule is CCCC[C@H](c1nnnn1C(C)(C)CC)N1CCN(C2CCCC2)CC1. The van der Waals surface area contributed by atoms with Crippen LogP contribution in [0.3, 0.4) is 0 Å². The maximum Gasteiger partial charge on any atom is 0.168 e. The van der Waals surface area contributed by atoms with E-state index in [1.165, 1.54) is 51.6 Å². The van der Waals surface area contributed by atoms with E-state index in [9.17, 15) is 0 Å². The van der Waals surface area contributed by atoms with Crippen molar-refractivity contribution in [1.29, 1.82) is 0 Å². The smallest absolute Gasteiger partial charge is 0.168 e. The second kappa shape index (κ2) is 8.79. The molecule has 6 heteroatoms. The highest BCUT2D eigenvalue weighted by Crippen LogP contribution is 2.31. The monoisotopic (exact) mass is 362 g/mol. The van der Waals surface area contributed by atoms with E-state index < -0.39 is 0 Å². The molecule has 0 aromatic carbocycles. The minimum absolute atomic E-state index is 0.0328. The fraction of sp³-hybridized carbons (Fsp3) is 0.950. The highest BCUT2D eigenvalue weighted by Gasteiger charge is 2.34. The molecule has 1 aliphatic heterocycles. The van der Waals surface area contributed by atoms with E-state index in [-0.39, 0.29) is 5.54 Å². The fourth-order valence-corrected chi connectivity index (χ4v) is 4.54. The highest BCUT2D eigenvalue weighted by molar-refractivity contribution is 4.99. The van der Waals surface area contributed by atoms with Gasteiger partial charge in [-0.15, -0.1) is 5.10 Å². The van der Waals surface area contributed by atoms with Gasteiger partial charge in [0.1, 0.15) is 0 Å². The summed E-state index contributed by atoms with van der Waals surface area (Å²) in [6.07, 6.45) is 10.3. The summed E-state index contributed by atoms with van der Waals surface area (Å²) in [6.45, 7) is 13.6. The van der Waals surface area contributed by atoms with Crippen LogP contribution in [0, 0.1) is 0 Å². The number of piperazine rings is 1. The molecule has 0 N–H and O–H groups in total. The van der Waals surface area contributed by atoms with E-state index in [1.807, 2.05) is 0 Å². The summed E-state index contributed by atoms with van der Waals surface area (Å²) >= 11 is 0. The molecule has 0 unspecified atom stereocenters. The predicted octanol–water partition coefficient (Wildman–Crippen LogP) is 3.61. The molecule has 0 amide bonds. The fourth-order valence-electron chi connectivity index (χ4n) is 4.54. The van der Waals surface area contributed by atoms with Crippen LogP contribution in [0.2, 0.25) is 0 Å². The second-order valence-corrected chi connectivity index (χ2v) is 8.78. The first-order valence-corrected chi connectivity index (χ1v) is 10.8. The zero-order valence-electron chi connectivity index (χ0n) is 17.3. The molecule has 3 rings (SSSR count). The van der Waals surface area contributed by atoms with Crippen molar-refractivity contribution >= 4 is 0 Å². The molecule has 2 fully saturated rings. The van der Waals surface area contributed by atoms with Gasteiger partial charge in [0.15, 0.2) is 5.82 Å². The van der Waals surface area contributed by atoms with Gasteiger partial charge in [0.05, 0.1) is 11.6 Å². The van der Waals surface area contributed by atoms with Crippen molar-refractivity contribution in [1.82, 2.24) is 30.0 Å². The largest absolute Gasteiger partial charge is 0.298 e. The van der Waals surface area contributed by atoms with Gasteiger partial charge in [0.2, 0.25) is 0 Å². The molecule has 1 aromatic heterocycles. The molecule has 1 saturated carbocycles. The summed E-state index contributed by atoms with van der Waals surface area (Å²) in [5.74, 6) is 1.07. The van der Waals surface area contributed by atoms with Crippen LogP contribution < -0.4 is 0 Å². The van der Waals surface area contributed by atoms with Gasteiger partial charge in [-0.2, -0.15) is 0 Å². The Morgan fingerprint density at radius 2 is 1.77 bits per heavy atom. The number of hydrogen-bond donors (Lipinski definition) is 0. The first kappa shape index (κ1) is 19.7. The molecule has 2 heterocycles. The third-order valence-electron chi connectivity index (χ3n) is 6.69. The van der Waals surface area contributed by atoms with E-state index in [1.54, 1.807) is 0 Å². The van der Waals surface area contributed by atoms with Crippen LogP contribution in [0.4, 0.5) is 0 Å². The van der Waals surface area contributed by atoms with Gasteiger partial charge >= 0.3 is 0 Å². The van der Waals surface area contributed by atoms with Crippen LogP contribution in [0.1, 0.15) is 90.9 Å². The van der Waals surface area contributed by atoms with Crippen LogP contribution in [-0.2, 0) is 5.54 Å². The number of rotatable bonds is 8. The van der Waals surface area contributed by atoms with Crippen LogP contribution in [0.5, 0.6) is 0 Å². The predicted molar refractivity (Wildman–Crippen MR) is 105 cm³/mol. The summed E-state index contributed by atoms with van der Waals surface area (Å²) in [7, 11) is 0. The average molecular weight is 363 g/mol. The topological polar surface area (TPSA) is 50.1 Å². The van der Waals surface area contributed by atoms with Crippen LogP contribution in [0.15, 0.2) is 0 Å². The average Bonchev–Trinajstić information content (AvgIpc) is 3.35. The Labute approximate surface area is 159 Å². The zero-order valence-corrected chi connectivity index (χ0v) is 17.3. The standard InChI is InChI=1S/C20H38N6/c1-5-7-12-18(19-21-22-23-26(19)20(3,4)6-2)25-15-13-24(14-16-25)17-10-8-9-11-17/h17-18H,5-16H2,1-4H3/t18-/m1/s1. The molecule has 6 nitrogen and oxygen atoms in total. The molecular weight excluding hydrogens is 324 g/mol. The number of aromatic nitrogens is 4. The normalized spacial score (nSPS) is 22.2. The molecule has 0 bridgehead atoms. The minimum atomic E-state index is -0.0328. The van der Waals surface area contributed by atoms with E-state index in [0.717, 1.165) is 37.8 Å². The van der Waals surface area contributed by atoms with Crippen molar-refractivity contribution in [2.45, 2.75) is 96.7 Å². The van der Waals surface area contributed by atoms with Gasteiger partial charge < -0.3 is 0 Å². The molecule has 1 aromatic rings. The molecule has 1 saturated heterocycles. The summed E-state index contributed by atoms with van der Waals surface area (Å²) in [5, 5.41) is 12.9. The highest BCUT2D eigenvalue weighted by atomic mass is 15.6. The maximum absolute atomic E-state index is 4.50. The minimum Gasteiger partial charge on any atom is -0.298 e. The van der Waals surface area contributed by atoms with Crippen LogP contribution in [-0.4, -0.2) is 62.2 Å². The first-order chi connectivity index (χ1) is 12.6. The quantitative estimate of drug-likeness (QED) is 0.707. The van der Waals surface area contributed by atoms with E-state index in [4.69, 9.17) is 0 Å². The lowest BCUT2D eigenvalue weighted by Gasteiger charge is -2.41. The number of unbranched alkanes of at least 4 members (excludes halogenated alkanes) is 1. The van der Waals surface area contributed by atoms with Gasteiger partial charge in [-0.3, -0.25) is 9.80 Å². The third kappa shape index (κ3) is 4.28. The Morgan fingerprint density at radius 1 is 1.08 bits per heavy atom. The summed E-state index contributed by atoms with van der Waals surface area (Å²) < 4.78 is 2.09. The molecule has 0 spiro atoms. The van der Waals surface area contributed by atoms with Gasteiger partial charge in [0.25, 0.3) is 0 Å². The van der Waals surface area contributed by atoms with Crippen molar-refractivity contribution in [3.8, 4) is 0 Å². The summed E-state index contributed by atoms with van der Waals surface area (Å²) in [5.41, 5.74) is -0.0328. The molecular formula is C20H38N6. The van der Waals surface area contributed by atoms with Crippen molar-refractivity contribution in [2.24, 2.45) is 0 Å². The van der Waals surface area contributed by atoms with Gasteiger partial charge in [0, 0.05) is 32.2 Å². The van der Waals surface area contributed by atoms with Crippen LogP contribution in [0.25, 0.3) is 0 Å². The Hall–Kier alpha value is -1.01. The number of nitrogens with zero attached hydrogens (tertiary/aromatic N) is 6. The lowest BCUT2D eigenvalue weighted by atomic mass is 10.00. The molecule has 0 radical (unpaired) electrons. The molecule has 148 valence electrons. The first-order valence-electron chi connectivity index (χ1n) is 10.8. The van der Waals surface area contributed by atoms with E-state index >= 15 is 0 Å². The molecule has 26 heavy (non-hydrogen) atoms. The zero-order chi connectivity index (χ0) is 18.6. The number of tetrazole rings is 1. The van der Waals surface area contributed by atoms with Crippen molar-refractivity contribution in [2.75, 3.05) is 26.2 Å². The molecule has 1 atom stereocenters. The number of hydrogen-bond acceptors (Lipinski definition) is 5. The Balaban J connectivity index is 1.72. The molecule has 2 aliphatic rings. The lowest BCUT2D eigenvalue weighted by molar-refractivity contribution is 0.0599. The summed E-state index contributed by atoms with van der Waals surface area (Å²) in [4.78, 5) is 5.38. The third-order valence-corrected chi connectivity index (χ3v) is 6.69. The Morgan fingerprint density at radius 3 is 2.38 bits per heavy atom. The Kier molecular flexibility index (Phi) is 6.67. The van der Waals surface area contributed by atoms with Gasteiger partial charge in [-0.25, -0.2) is 4.68 Å². The Bertz CT molecular complexity index is 540. The van der Waals surface area contributed by atoms with Crippen molar-refractivity contribution in [3.05, 3.63) is 5.82 Å². The van der Waals surface area contributed by atoms with E-state index in [2.05, 4.69) is 57.7 Å². The van der Waals surface area contributed by atoms with Gasteiger partial charge in [-0.1, -0.05) is 39.5 Å². The van der Waals surface area contributed by atoms with Crippen molar-refractivity contribution < 1.29 is 0 Å².